The first-order chi connectivity index (χ1) is 8.63. The molecule has 0 aromatic carbocycles. The molecule has 1 aliphatic heterocycles. The van der Waals surface area contributed by atoms with Crippen LogP contribution in [-0.2, 0) is 0 Å². The molecule has 0 radical (unpaired) electrons. The third-order valence-electron chi connectivity index (χ3n) is 3.07. The van der Waals surface area contributed by atoms with E-state index >= 15 is 0 Å². The van der Waals surface area contributed by atoms with Crippen molar-refractivity contribution in [3.63, 3.8) is 0 Å². The van der Waals surface area contributed by atoms with Gasteiger partial charge in [0.05, 0.1) is 0 Å². The molecule has 2 N–H and O–H groups in total. The van der Waals surface area contributed by atoms with E-state index in [-0.39, 0.29) is 5.82 Å². The molecule has 1 aromatic heterocycles. The van der Waals surface area contributed by atoms with Gasteiger partial charge in [-0.1, -0.05) is 0 Å². The lowest BCUT2D eigenvalue weighted by Gasteiger charge is -2.29. The van der Waals surface area contributed by atoms with E-state index in [0.717, 1.165) is 25.9 Å². The molecule has 1 fully saturated rings. The summed E-state index contributed by atoms with van der Waals surface area (Å²) in [4.78, 5) is 12.5. The highest BCUT2D eigenvalue weighted by Gasteiger charge is 2.20. The number of nitrogens with zero attached hydrogens (tertiary/aromatic N) is 5. The van der Waals surface area contributed by atoms with Gasteiger partial charge in [0.1, 0.15) is 17.5 Å². The molecule has 96 valence electrons. The number of nitriles is 1. The highest BCUT2D eigenvalue weighted by Crippen LogP contribution is 2.26. The van der Waals surface area contributed by atoms with Crippen LogP contribution in [0.2, 0.25) is 0 Å². The average Bonchev–Trinajstić information content (AvgIpc) is 2.38. The van der Waals surface area contributed by atoms with Crippen molar-refractivity contribution in [1.82, 2.24) is 9.97 Å². The summed E-state index contributed by atoms with van der Waals surface area (Å²) >= 11 is 0. The summed E-state index contributed by atoms with van der Waals surface area (Å²) in [7, 11) is 3.72. The Bertz CT molecular complexity index is 470. The SMILES string of the molecule is CN(C)c1nc(N)c(C#N)c(N2CCCCC2)n1. The van der Waals surface area contributed by atoms with Crippen molar-refractivity contribution in [3.05, 3.63) is 5.56 Å². The first kappa shape index (κ1) is 12.4. The van der Waals surface area contributed by atoms with E-state index in [0.29, 0.717) is 17.3 Å². The van der Waals surface area contributed by atoms with Crippen molar-refractivity contribution < 1.29 is 0 Å². The number of nitrogen functional groups attached to an aromatic ring is 1. The Morgan fingerprint density at radius 3 is 2.44 bits per heavy atom. The summed E-state index contributed by atoms with van der Waals surface area (Å²) in [5.74, 6) is 1.48. The zero-order valence-electron chi connectivity index (χ0n) is 10.8. The van der Waals surface area contributed by atoms with E-state index in [2.05, 4.69) is 20.9 Å². The van der Waals surface area contributed by atoms with Crippen LogP contribution in [0, 0.1) is 11.3 Å². The van der Waals surface area contributed by atoms with Crippen LogP contribution in [0.15, 0.2) is 0 Å². The molecule has 6 nitrogen and oxygen atoms in total. The molecular weight excluding hydrogens is 228 g/mol. The number of rotatable bonds is 2. The maximum Gasteiger partial charge on any atom is 0.228 e. The average molecular weight is 246 g/mol. The quantitative estimate of drug-likeness (QED) is 0.838. The van der Waals surface area contributed by atoms with E-state index < -0.39 is 0 Å². The topological polar surface area (TPSA) is 82.1 Å². The van der Waals surface area contributed by atoms with Gasteiger partial charge in [-0.25, -0.2) is 0 Å². The Kier molecular flexibility index (Phi) is 3.51. The number of hydrogen-bond acceptors (Lipinski definition) is 6. The number of aromatic nitrogens is 2. The Morgan fingerprint density at radius 2 is 1.89 bits per heavy atom. The molecule has 0 spiro atoms. The zero-order chi connectivity index (χ0) is 13.1. The molecular formula is C12H18N6. The second-order valence-electron chi connectivity index (χ2n) is 4.66. The summed E-state index contributed by atoms with van der Waals surface area (Å²) < 4.78 is 0. The van der Waals surface area contributed by atoms with Crippen molar-refractivity contribution in [2.45, 2.75) is 19.3 Å². The molecule has 0 aliphatic carbocycles. The number of anilines is 3. The second-order valence-corrected chi connectivity index (χ2v) is 4.66. The summed E-state index contributed by atoms with van der Waals surface area (Å²) in [6.45, 7) is 1.86. The second kappa shape index (κ2) is 5.08. The normalized spacial score (nSPS) is 15.3. The van der Waals surface area contributed by atoms with Crippen LogP contribution in [0.5, 0.6) is 0 Å². The molecule has 2 heterocycles. The van der Waals surface area contributed by atoms with Gasteiger partial charge in [0.25, 0.3) is 0 Å². The Hall–Kier alpha value is -2.03. The van der Waals surface area contributed by atoms with Crippen LogP contribution < -0.4 is 15.5 Å². The van der Waals surface area contributed by atoms with E-state index in [1.165, 1.54) is 6.42 Å². The maximum atomic E-state index is 9.21. The number of hydrogen-bond donors (Lipinski definition) is 1. The lowest BCUT2D eigenvalue weighted by atomic mass is 10.1. The lowest BCUT2D eigenvalue weighted by Crippen LogP contribution is -2.32. The van der Waals surface area contributed by atoms with Crippen LogP contribution in [-0.4, -0.2) is 37.2 Å². The minimum atomic E-state index is 0.261. The third-order valence-corrected chi connectivity index (χ3v) is 3.07. The van der Waals surface area contributed by atoms with Crippen LogP contribution in [0.4, 0.5) is 17.6 Å². The van der Waals surface area contributed by atoms with Gasteiger partial charge in [0.2, 0.25) is 5.95 Å². The van der Waals surface area contributed by atoms with Crippen molar-refractivity contribution in [2.24, 2.45) is 0 Å². The fraction of sp³-hybridized carbons (Fsp3) is 0.583. The molecule has 0 saturated carbocycles. The van der Waals surface area contributed by atoms with Gasteiger partial charge in [0.15, 0.2) is 5.82 Å². The highest BCUT2D eigenvalue weighted by molar-refractivity contribution is 5.66. The summed E-state index contributed by atoms with van der Waals surface area (Å²) in [6, 6.07) is 2.12. The highest BCUT2D eigenvalue weighted by atomic mass is 15.3. The monoisotopic (exact) mass is 246 g/mol. The maximum absolute atomic E-state index is 9.21. The summed E-state index contributed by atoms with van der Waals surface area (Å²) in [5.41, 5.74) is 6.24. The standard InChI is InChI=1S/C12H18N6/c1-17(2)12-15-10(14)9(8-13)11(16-12)18-6-4-3-5-7-18/h3-7H2,1-2H3,(H2,14,15,16). The molecule has 1 aliphatic rings. The first-order valence-corrected chi connectivity index (χ1v) is 6.13. The third kappa shape index (κ3) is 2.30. The minimum Gasteiger partial charge on any atom is -0.382 e. The van der Waals surface area contributed by atoms with Gasteiger partial charge in [-0.3, -0.25) is 0 Å². The van der Waals surface area contributed by atoms with Crippen LogP contribution in [0.25, 0.3) is 0 Å². The minimum absolute atomic E-state index is 0.261. The Morgan fingerprint density at radius 1 is 1.22 bits per heavy atom. The number of piperidine rings is 1. The fourth-order valence-electron chi connectivity index (χ4n) is 2.10. The predicted octanol–water partition coefficient (Wildman–Crippen LogP) is 0.987. The largest absolute Gasteiger partial charge is 0.382 e. The molecule has 6 heteroatoms. The Labute approximate surface area is 107 Å². The lowest BCUT2D eigenvalue weighted by molar-refractivity contribution is 0.572. The molecule has 0 bridgehead atoms. The predicted molar refractivity (Wildman–Crippen MR) is 71.6 cm³/mol. The van der Waals surface area contributed by atoms with Gasteiger partial charge < -0.3 is 15.5 Å². The van der Waals surface area contributed by atoms with Crippen LogP contribution in [0.3, 0.4) is 0 Å². The summed E-state index contributed by atoms with van der Waals surface area (Å²) in [6.07, 6.45) is 3.50. The molecule has 0 atom stereocenters. The smallest absolute Gasteiger partial charge is 0.228 e. The molecule has 0 amide bonds. The van der Waals surface area contributed by atoms with E-state index in [1.54, 1.807) is 4.90 Å². The van der Waals surface area contributed by atoms with E-state index in [4.69, 9.17) is 5.73 Å². The van der Waals surface area contributed by atoms with E-state index in [9.17, 15) is 5.26 Å². The van der Waals surface area contributed by atoms with Gasteiger partial charge in [-0.05, 0) is 19.3 Å². The molecule has 0 unspecified atom stereocenters. The molecule has 1 saturated heterocycles. The number of nitrogens with two attached hydrogens (primary N) is 1. The van der Waals surface area contributed by atoms with Gasteiger partial charge >= 0.3 is 0 Å². The molecule has 1 aromatic rings. The van der Waals surface area contributed by atoms with E-state index in [1.807, 2.05) is 14.1 Å². The van der Waals surface area contributed by atoms with Gasteiger partial charge in [0, 0.05) is 27.2 Å². The van der Waals surface area contributed by atoms with Crippen LogP contribution in [0.1, 0.15) is 24.8 Å². The summed E-state index contributed by atoms with van der Waals surface area (Å²) in [5, 5.41) is 9.21. The van der Waals surface area contributed by atoms with Crippen molar-refractivity contribution in [1.29, 1.82) is 5.26 Å². The van der Waals surface area contributed by atoms with Gasteiger partial charge in [-0.2, -0.15) is 15.2 Å². The molecule has 18 heavy (non-hydrogen) atoms. The van der Waals surface area contributed by atoms with Gasteiger partial charge in [-0.15, -0.1) is 0 Å². The Balaban J connectivity index is 2.45. The van der Waals surface area contributed by atoms with Crippen molar-refractivity contribution in [2.75, 3.05) is 42.7 Å². The van der Waals surface area contributed by atoms with Crippen molar-refractivity contribution >= 4 is 17.6 Å². The zero-order valence-corrected chi connectivity index (χ0v) is 10.8. The first-order valence-electron chi connectivity index (χ1n) is 6.13. The van der Waals surface area contributed by atoms with Crippen molar-refractivity contribution in [3.8, 4) is 6.07 Å². The van der Waals surface area contributed by atoms with Crippen LogP contribution >= 0.6 is 0 Å². The molecule has 2 rings (SSSR count). The fourth-order valence-corrected chi connectivity index (χ4v) is 2.10.